The number of anilines is 2. The lowest BCUT2D eigenvalue weighted by Gasteiger charge is -2.29. The largest absolute Gasteiger partial charge is 0.457 e. The van der Waals surface area contributed by atoms with E-state index in [4.69, 9.17) is 9.47 Å². The molecule has 1 N–H and O–H groups in total. The predicted molar refractivity (Wildman–Crippen MR) is 108 cm³/mol. The van der Waals surface area contributed by atoms with E-state index in [1.165, 1.54) is 12.1 Å². The molecule has 0 saturated carbocycles. The minimum Gasteiger partial charge on any atom is -0.457 e. The van der Waals surface area contributed by atoms with Gasteiger partial charge >= 0.3 is 0 Å². The Kier molecular flexibility index (Phi) is 5.67. The molecule has 1 saturated heterocycles. The minimum atomic E-state index is -0.362. The number of ether oxygens (including phenoxy) is 2. The van der Waals surface area contributed by atoms with E-state index in [1.807, 2.05) is 4.90 Å². The van der Waals surface area contributed by atoms with E-state index in [-0.39, 0.29) is 11.7 Å². The van der Waals surface area contributed by atoms with Crippen molar-refractivity contribution in [3.05, 3.63) is 78.2 Å². The molecule has 0 atom stereocenters. The molecule has 2 aromatic carbocycles. The van der Waals surface area contributed by atoms with E-state index in [0.717, 1.165) is 0 Å². The van der Waals surface area contributed by atoms with Gasteiger partial charge < -0.3 is 19.7 Å². The fourth-order valence-electron chi connectivity index (χ4n) is 3.07. The Morgan fingerprint density at radius 2 is 1.83 bits per heavy atom. The van der Waals surface area contributed by atoms with Gasteiger partial charge in [0.1, 0.15) is 23.1 Å². The van der Waals surface area contributed by atoms with Gasteiger partial charge in [-0.2, -0.15) is 0 Å². The molecule has 148 valence electrons. The topological polar surface area (TPSA) is 63.7 Å². The van der Waals surface area contributed by atoms with E-state index >= 15 is 0 Å². The van der Waals surface area contributed by atoms with Crippen LogP contribution in [0.4, 0.5) is 15.9 Å². The second-order valence-corrected chi connectivity index (χ2v) is 6.51. The highest BCUT2D eigenvalue weighted by Crippen LogP contribution is 2.25. The van der Waals surface area contributed by atoms with Gasteiger partial charge in [-0.3, -0.25) is 4.79 Å². The maximum absolute atomic E-state index is 13.3. The van der Waals surface area contributed by atoms with Crippen molar-refractivity contribution in [3.63, 3.8) is 0 Å². The van der Waals surface area contributed by atoms with Crippen LogP contribution in [0.15, 0.2) is 66.9 Å². The zero-order valence-corrected chi connectivity index (χ0v) is 15.7. The maximum Gasteiger partial charge on any atom is 0.259 e. The van der Waals surface area contributed by atoms with E-state index < -0.39 is 0 Å². The Labute approximate surface area is 167 Å². The number of halogens is 1. The number of hydrogen-bond acceptors (Lipinski definition) is 5. The average Bonchev–Trinajstić information content (AvgIpc) is 2.76. The summed E-state index contributed by atoms with van der Waals surface area (Å²) < 4.78 is 24.3. The molecule has 7 heteroatoms. The summed E-state index contributed by atoms with van der Waals surface area (Å²) in [6, 6.07) is 16.3. The van der Waals surface area contributed by atoms with E-state index in [2.05, 4.69) is 10.3 Å². The van der Waals surface area contributed by atoms with E-state index in [0.29, 0.717) is 54.9 Å². The first kappa shape index (κ1) is 18.9. The number of pyridine rings is 1. The third kappa shape index (κ3) is 4.70. The molecule has 0 bridgehead atoms. The van der Waals surface area contributed by atoms with Crippen LogP contribution >= 0.6 is 0 Å². The van der Waals surface area contributed by atoms with Crippen LogP contribution in [0.2, 0.25) is 0 Å². The first-order valence-electron chi connectivity index (χ1n) is 9.31. The quantitative estimate of drug-likeness (QED) is 0.707. The fraction of sp³-hybridized carbons (Fsp3) is 0.182. The summed E-state index contributed by atoms with van der Waals surface area (Å²) in [5.74, 6) is 1.01. The average molecular weight is 393 g/mol. The Hall–Kier alpha value is -3.45. The van der Waals surface area contributed by atoms with Gasteiger partial charge in [-0.05, 0) is 48.5 Å². The lowest BCUT2D eigenvalue weighted by atomic mass is 10.2. The number of nitrogens with one attached hydrogen (secondary N) is 1. The van der Waals surface area contributed by atoms with Gasteiger partial charge in [-0.1, -0.05) is 6.07 Å². The monoisotopic (exact) mass is 393 g/mol. The van der Waals surface area contributed by atoms with E-state index in [1.54, 1.807) is 54.7 Å². The first-order chi connectivity index (χ1) is 14.2. The summed E-state index contributed by atoms with van der Waals surface area (Å²) in [6.07, 6.45) is 1.68. The molecule has 0 radical (unpaired) electrons. The summed E-state index contributed by atoms with van der Waals surface area (Å²) in [5, 5.41) is 2.89. The highest BCUT2D eigenvalue weighted by molar-refractivity contribution is 6.07. The molecule has 6 nitrogen and oxygen atoms in total. The van der Waals surface area contributed by atoms with Crippen molar-refractivity contribution in [2.45, 2.75) is 0 Å². The lowest BCUT2D eigenvalue weighted by Crippen LogP contribution is -2.38. The van der Waals surface area contributed by atoms with Gasteiger partial charge in [0.2, 0.25) is 0 Å². The molecule has 0 unspecified atom stereocenters. The minimum absolute atomic E-state index is 0.238. The third-order valence-electron chi connectivity index (χ3n) is 4.49. The smallest absolute Gasteiger partial charge is 0.259 e. The second-order valence-electron chi connectivity index (χ2n) is 6.51. The maximum atomic E-state index is 13.3. The predicted octanol–water partition coefficient (Wildman–Crippen LogP) is 4.10. The van der Waals surface area contributed by atoms with Crippen LogP contribution in [-0.4, -0.2) is 37.2 Å². The standard InChI is InChI=1S/C22H20FN3O3/c23-16-3-1-4-19(15-16)29-18-8-6-17(7-9-18)25-22(27)20-5-2-10-24-21(20)26-11-13-28-14-12-26/h1-10,15H,11-14H2,(H,25,27). The Balaban J connectivity index is 1.45. The van der Waals surface area contributed by atoms with Crippen LogP contribution in [0, 0.1) is 5.82 Å². The van der Waals surface area contributed by atoms with Crippen molar-refractivity contribution in [1.82, 2.24) is 4.98 Å². The molecule has 1 fully saturated rings. The number of carbonyl (C=O) groups excluding carboxylic acids is 1. The van der Waals surface area contributed by atoms with Gasteiger partial charge in [-0.25, -0.2) is 9.37 Å². The van der Waals surface area contributed by atoms with Crippen molar-refractivity contribution in [3.8, 4) is 11.5 Å². The molecule has 1 aliphatic heterocycles. The van der Waals surface area contributed by atoms with Crippen LogP contribution in [0.1, 0.15) is 10.4 Å². The normalized spacial score (nSPS) is 13.8. The number of hydrogen-bond donors (Lipinski definition) is 1. The summed E-state index contributed by atoms with van der Waals surface area (Å²) in [5.41, 5.74) is 1.13. The first-order valence-corrected chi connectivity index (χ1v) is 9.31. The van der Waals surface area contributed by atoms with E-state index in [9.17, 15) is 9.18 Å². The highest BCUT2D eigenvalue weighted by atomic mass is 19.1. The van der Waals surface area contributed by atoms with Crippen molar-refractivity contribution in [1.29, 1.82) is 0 Å². The Morgan fingerprint density at radius 3 is 2.59 bits per heavy atom. The van der Waals surface area contributed by atoms with Gasteiger partial charge in [0, 0.05) is 31.0 Å². The highest BCUT2D eigenvalue weighted by Gasteiger charge is 2.20. The number of nitrogens with zero attached hydrogens (tertiary/aromatic N) is 2. The number of rotatable bonds is 5. The summed E-state index contributed by atoms with van der Waals surface area (Å²) in [4.78, 5) is 19.3. The van der Waals surface area contributed by atoms with Crippen molar-refractivity contribution < 1.29 is 18.7 Å². The van der Waals surface area contributed by atoms with Crippen molar-refractivity contribution >= 4 is 17.4 Å². The van der Waals surface area contributed by atoms with Crippen LogP contribution in [0.3, 0.4) is 0 Å². The number of carbonyl (C=O) groups is 1. The number of aromatic nitrogens is 1. The molecule has 29 heavy (non-hydrogen) atoms. The number of benzene rings is 2. The van der Waals surface area contributed by atoms with Crippen LogP contribution in [0.25, 0.3) is 0 Å². The third-order valence-corrected chi connectivity index (χ3v) is 4.49. The van der Waals surface area contributed by atoms with Crippen molar-refractivity contribution in [2.75, 3.05) is 36.5 Å². The molecule has 1 amide bonds. The fourth-order valence-corrected chi connectivity index (χ4v) is 3.07. The van der Waals surface area contributed by atoms with Gasteiger partial charge in [0.15, 0.2) is 0 Å². The molecule has 0 aliphatic carbocycles. The second kappa shape index (κ2) is 8.70. The zero-order chi connectivity index (χ0) is 20.1. The Bertz CT molecular complexity index is 989. The SMILES string of the molecule is O=C(Nc1ccc(Oc2cccc(F)c2)cc1)c1cccnc1N1CCOCC1. The molecule has 1 aromatic heterocycles. The van der Waals surface area contributed by atoms with Crippen LogP contribution in [-0.2, 0) is 4.74 Å². The molecule has 0 spiro atoms. The van der Waals surface area contributed by atoms with Gasteiger partial charge in [-0.15, -0.1) is 0 Å². The van der Waals surface area contributed by atoms with Crippen LogP contribution < -0.4 is 15.0 Å². The lowest BCUT2D eigenvalue weighted by molar-refractivity contribution is 0.102. The van der Waals surface area contributed by atoms with Gasteiger partial charge in [0.25, 0.3) is 5.91 Å². The molecule has 4 rings (SSSR count). The number of amides is 1. The van der Waals surface area contributed by atoms with Gasteiger partial charge in [0.05, 0.1) is 18.8 Å². The molecular formula is C22H20FN3O3. The zero-order valence-electron chi connectivity index (χ0n) is 15.7. The number of morpholine rings is 1. The summed E-state index contributed by atoms with van der Waals surface area (Å²) in [6.45, 7) is 2.63. The van der Waals surface area contributed by atoms with Crippen LogP contribution in [0.5, 0.6) is 11.5 Å². The Morgan fingerprint density at radius 1 is 1.03 bits per heavy atom. The molecule has 2 heterocycles. The van der Waals surface area contributed by atoms with Crippen molar-refractivity contribution in [2.24, 2.45) is 0 Å². The summed E-state index contributed by atoms with van der Waals surface area (Å²) in [7, 11) is 0. The molecule has 1 aliphatic rings. The summed E-state index contributed by atoms with van der Waals surface area (Å²) >= 11 is 0. The molecular weight excluding hydrogens is 373 g/mol. The molecule has 3 aromatic rings.